The maximum absolute atomic E-state index is 11.4. The first kappa shape index (κ1) is 14.7. The molecule has 0 N–H and O–H groups in total. The molecule has 7 heteroatoms. The van der Waals surface area contributed by atoms with Crippen molar-refractivity contribution in [3.05, 3.63) is 27.8 Å². The smallest absolute Gasteiger partial charge is 0.310 e. The zero-order valence-electron chi connectivity index (χ0n) is 11.0. The summed E-state index contributed by atoms with van der Waals surface area (Å²) >= 11 is 0. The Labute approximate surface area is 110 Å². The van der Waals surface area contributed by atoms with Crippen LogP contribution < -0.4 is 9.47 Å². The minimum Gasteiger partial charge on any atom is -0.493 e. The molecular weight excluding hydrogens is 254 g/mol. The van der Waals surface area contributed by atoms with Crippen molar-refractivity contribution in [3.63, 3.8) is 0 Å². The molecule has 0 aliphatic rings. The Bertz CT molecular complexity index is 485. The third kappa shape index (κ3) is 3.57. The Balaban J connectivity index is 3.19. The van der Waals surface area contributed by atoms with Crippen LogP contribution >= 0.6 is 0 Å². The Morgan fingerprint density at radius 3 is 2.32 bits per heavy atom. The van der Waals surface area contributed by atoms with Gasteiger partial charge in [-0.15, -0.1) is 0 Å². The van der Waals surface area contributed by atoms with E-state index in [1.54, 1.807) is 6.92 Å². The third-order valence-corrected chi connectivity index (χ3v) is 2.42. The number of carbonyl (C=O) groups is 1. The summed E-state index contributed by atoms with van der Waals surface area (Å²) in [7, 11) is 2.80. The minimum absolute atomic E-state index is 0.190. The maximum atomic E-state index is 11.4. The lowest BCUT2D eigenvalue weighted by atomic mass is 10.1. The molecule has 0 unspecified atom stereocenters. The fourth-order valence-electron chi connectivity index (χ4n) is 1.59. The minimum atomic E-state index is -0.573. The second-order valence-corrected chi connectivity index (χ2v) is 3.57. The lowest BCUT2D eigenvalue weighted by Crippen LogP contribution is -2.09. The molecule has 7 nitrogen and oxygen atoms in total. The van der Waals surface area contributed by atoms with Crippen LogP contribution in [0.4, 0.5) is 5.69 Å². The second kappa shape index (κ2) is 6.58. The van der Waals surface area contributed by atoms with E-state index in [4.69, 9.17) is 14.2 Å². The highest BCUT2D eigenvalue weighted by molar-refractivity contribution is 5.75. The number of esters is 1. The number of rotatable bonds is 6. The number of methoxy groups -OCH3 is 2. The lowest BCUT2D eigenvalue weighted by Gasteiger charge is -2.10. The predicted molar refractivity (Wildman–Crippen MR) is 66.5 cm³/mol. The first-order valence-corrected chi connectivity index (χ1v) is 5.58. The average molecular weight is 269 g/mol. The van der Waals surface area contributed by atoms with Crippen molar-refractivity contribution in [1.82, 2.24) is 0 Å². The Morgan fingerprint density at radius 2 is 1.84 bits per heavy atom. The SMILES string of the molecule is CCOC(=O)Cc1cc(OC)c(OC)cc1[N+](=O)[O-]. The Hall–Kier alpha value is -2.31. The van der Waals surface area contributed by atoms with Crippen LogP contribution in [0, 0.1) is 10.1 Å². The van der Waals surface area contributed by atoms with Gasteiger partial charge in [0.15, 0.2) is 11.5 Å². The molecule has 104 valence electrons. The molecule has 0 aliphatic carbocycles. The molecule has 0 spiro atoms. The molecule has 0 amide bonds. The van der Waals surface area contributed by atoms with Gasteiger partial charge in [-0.2, -0.15) is 0 Å². The van der Waals surface area contributed by atoms with Gasteiger partial charge in [-0.25, -0.2) is 0 Å². The van der Waals surface area contributed by atoms with Crippen molar-refractivity contribution >= 4 is 11.7 Å². The van der Waals surface area contributed by atoms with E-state index in [2.05, 4.69) is 0 Å². The summed E-state index contributed by atoms with van der Waals surface area (Å²) in [5.41, 5.74) is 0.0202. The van der Waals surface area contributed by atoms with Crippen molar-refractivity contribution in [2.75, 3.05) is 20.8 Å². The molecule has 19 heavy (non-hydrogen) atoms. The molecule has 0 fully saturated rings. The van der Waals surface area contributed by atoms with Crippen molar-refractivity contribution in [3.8, 4) is 11.5 Å². The number of ether oxygens (including phenoxy) is 3. The van der Waals surface area contributed by atoms with Crippen LogP contribution in [-0.4, -0.2) is 31.7 Å². The molecule has 0 aromatic heterocycles. The average Bonchev–Trinajstić information content (AvgIpc) is 2.38. The largest absolute Gasteiger partial charge is 0.493 e. The molecule has 1 rings (SSSR count). The molecule has 0 saturated heterocycles. The fourth-order valence-corrected chi connectivity index (χ4v) is 1.59. The van der Waals surface area contributed by atoms with Crippen LogP contribution in [0.3, 0.4) is 0 Å². The summed E-state index contributed by atoms with van der Waals surface area (Å²) in [5.74, 6) is 0.0343. The first-order valence-electron chi connectivity index (χ1n) is 5.58. The molecule has 0 heterocycles. The quantitative estimate of drug-likeness (QED) is 0.444. The van der Waals surface area contributed by atoms with E-state index in [-0.39, 0.29) is 30.0 Å². The number of hydrogen-bond acceptors (Lipinski definition) is 6. The van der Waals surface area contributed by atoms with E-state index in [0.29, 0.717) is 5.75 Å². The highest BCUT2D eigenvalue weighted by Crippen LogP contribution is 2.34. The van der Waals surface area contributed by atoms with Crippen molar-refractivity contribution in [2.45, 2.75) is 13.3 Å². The zero-order valence-corrected chi connectivity index (χ0v) is 11.0. The molecule has 0 atom stereocenters. The van der Waals surface area contributed by atoms with Gasteiger partial charge in [0, 0.05) is 5.56 Å². The lowest BCUT2D eigenvalue weighted by molar-refractivity contribution is -0.385. The Morgan fingerprint density at radius 1 is 1.26 bits per heavy atom. The van der Waals surface area contributed by atoms with Crippen LogP contribution in [-0.2, 0) is 16.0 Å². The van der Waals surface area contributed by atoms with Crippen LogP contribution in [0.2, 0.25) is 0 Å². The van der Waals surface area contributed by atoms with Crippen molar-refractivity contribution in [1.29, 1.82) is 0 Å². The van der Waals surface area contributed by atoms with Gasteiger partial charge in [-0.3, -0.25) is 14.9 Å². The molecule has 0 bridgehead atoms. The monoisotopic (exact) mass is 269 g/mol. The van der Waals surface area contributed by atoms with Gasteiger partial charge in [0.25, 0.3) is 5.69 Å². The van der Waals surface area contributed by atoms with E-state index in [1.807, 2.05) is 0 Å². The number of nitro groups is 1. The molecule has 0 saturated carbocycles. The molecule has 0 radical (unpaired) electrons. The summed E-state index contributed by atoms with van der Waals surface area (Å²) in [6.07, 6.45) is -0.190. The highest BCUT2D eigenvalue weighted by atomic mass is 16.6. The van der Waals surface area contributed by atoms with E-state index in [1.165, 1.54) is 26.4 Å². The van der Waals surface area contributed by atoms with Gasteiger partial charge >= 0.3 is 5.97 Å². The number of nitro benzene ring substituents is 1. The van der Waals surface area contributed by atoms with Gasteiger partial charge in [0.2, 0.25) is 0 Å². The maximum Gasteiger partial charge on any atom is 0.310 e. The van der Waals surface area contributed by atoms with Gasteiger partial charge in [-0.05, 0) is 13.0 Å². The van der Waals surface area contributed by atoms with Crippen LogP contribution in [0.25, 0.3) is 0 Å². The summed E-state index contributed by atoms with van der Waals surface area (Å²) in [6, 6.07) is 2.64. The number of carbonyl (C=O) groups excluding carboxylic acids is 1. The molecular formula is C12H15NO6. The summed E-state index contributed by atoms with van der Waals surface area (Å²) < 4.78 is 14.8. The van der Waals surface area contributed by atoms with Gasteiger partial charge < -0.3 is 14.2 Å². The topological polar surface area (TPSA) is 87.9 Å². The second-order valence-electron chi connectivity index (χ2n) is 3.57. The highest BCUT2D eigenvalue weighted by Gasteiger charge is 2.21. The van der Waals surface area contributed by atoms with Crippen LogP contribution in [0.15, 0.2) is 12.1 Å². The van der Waals surface area contributed by atoms with Gasteiger partial charge in [0.05, 0.1) is 38.2 Å². The molecule has 1 aromatic carbocycles. The zero-order chi connectivity index (χ0) is 14.4. The van der Waals surface area contributed by atoms with Crippen LogP contribution in [0.1, 0.15) is 12.5 Å². The third-order valence-electron chi connectivity index (χ3n) is 2.42. The predicted octanol–water partition coefficient (Wildman–Crippen LogP) is 1.72. The fraction of sp³-hybridized carbons (Fsp3) is 0.417. The normalized spacial score (nSPS) is 9.84. The Kier molecular flexibility index (Phi) is 5.11. The van der Waals surface area contributed by atoms with Crippen molar-refractivity contribution < 1.29 is 23.9 Å². The van der Waals surface area contributed by atoms with E-state index in [0.717, 1.165) is 0 Å². The van der Waals surface area contributed by atoms with E-state index in [9.17, 15) is 14.9 Å². The molecule has 1 aromatic rings. The van der Waals surface area contributed by atoms with Crippen molar-refractivity contribution in [2.24, 2.45) is 0 Å². The van der Waals surface area contributed by atoms with E-state index >= 15 is 0 Å². The van der Waals surface area contributed by atoms with Gasteiger partial charge in [0.1, 0.15) is 0 Å². The van der Waals surface area contributed by atoms with E-state index < -0.39 is 10.9 Å². The number of nitrogens with zero attached hydrogens (tertiary/aromatic N) is 1. The molecule has 0 aliphatic heterocycles. The summed E-state index contributed by atoms with van der Waals surface area (Å²) in [4.78, 5) is 21.8. The van der Waals surface area contributed by atoms with Crippen LogP contribution in [0.5, 0.6) is 11.5 Å². The number of hydrogen-bond donors (Lipinski definition) is 0. The summed E-state index contributed by atoms with van der Waals surface area (Å²) in [5, 5.41) is 11.0. The van der Waals surface area contributed by atoms with Gasteiger partial charge in [-0.1, -0.05) is 0 Å². The number of benzene rings is 1. The summed E-state index contributed by atoms with van der Waals surface area (Å²) in [6.45, 7) is 1.89. The standard InChI is InChI=1S/C12H15NO6/c1-4-19-12(14)6-8-5-10(17-2)11(18-3)7-9(8)13(15)16/h5,7H,4,6H2,1-3H3. The first-order chi connectivity index (χ1) is 9.03.